The highest BCUT2D eigenvalue weighted by atomic mass is 19.1. The summed E-state index contributed by atoms with van der Waals surface area (Å²) in [6, 6.07) is 20.4. The van der Waals surface area contributed by atoms with Crippen LogP contribution >= 0.6 is 0 Å². The fourth-order valence-corrected chi connectivity index (χ4v) is 3.75. The number of aromatic hydroxyl groups is 1. The summed E-state index contributed by atoms with van der Waals surface area (Å²) in [5.74, 6) is -0.609. The molecule has 0 spiro atoms. The summed E-state index contributed by atoms with van der Waals surface area (Å²) >= 11 is 0. The monoisotopic (exact) mass is 387 g/mol. The van der Waals surface area contributed by atoms with E-state index < -0.39 is 10.7 Å². The molecule has 3 aromatic carbocycles. The second kappa shape index (κ2) is 7.72. The van der Waals surface area contributed by atoms with Gasteiger partial charge in [0.05, 0.1) is 10.5 Å². The van der Waals surface area contributed by atoms with Gasteiger partial charge in [-0.2, -0.15) is 0 Å². The summed E-state index contributed by atoms with van der Waals surface area (Å²) in [6.07, 6.45) is 4.35. The Bertz CT molecular complexity index is 1140. The van der Waals surface area contributed by atoms with Gasteiger partial charge < -0.3 is 5.11 Å². The van der Waals surface area contributed by atoms with Crippen molar-refractivity contribution < 1.29 is 14.4 Å². The van der Waals surface area contributed by atoms with Crippen molar-refractivity contribution >= 4 is 16.8 Å². The summed E-state index contributed by atoms with van der Waals surface area (Å²) < 4.78 is 14.8. The molecule has 4 rings (SSSR count). The molecule has 144 valence electrons. The van der Waals surface area contributed by atoms with Gasteiger partial charge in [0.25, 0.3) is 5.69 Å². The first-order valence-electron chi connectivity index (χ1n) is 9.25. The topological polar surface area (TPSA) is 63.4 Å². The molecule has 0 fully saturated rings. The minimum atomic E-state index is -0.662. The van der Waals surface area contributed by atoms with E-state index in [-0.39, 0.29) is 22.9 Å². The molecule has 1 atom stereocenters. The zero-order valence-corrected chi connectivity index (χ0v) is 15.5. The van der Waals surface area contributed by atoms with Gasteiger partial charge in [0.1, 0.15) is 11.6 Å². The van der Waals surface area contributed by atoms with E-state index in [1.807, 2.05) is 42.5 Å². The SMILES string of the molecule is O=[N+]([O-])c1cccc(F)c1C1=CCC(c2ccccc2)C=C1c1ccccc1O. The van der Waals surface area contributed by atoms with Crippen molar-refractivity contribution in [2.45, 2.75) is 12.3 Å². The zero-order chi connectivity index (χ0) is 20.4. The number of phenolic OH excluding ortho intramolecular Hbond substituents is 1. The van der Waals surface area contributed by atoms with Gasteiger partial charge in [-0.05, 0) is 35.3 Å². The van der Waals surface area contributed by atoms with Gasteiger partial charge in [-0.3, -0.25) is 10.1 Å². The van der Waals surface area contributed by atoms with Crippen LogP contribution in [-0.2, 0) is 0 Å². The van der Waals surface area contributed by atoms with E-state index in [1.54, 1.807) is 24.3 Å². The van der Waals surface area contributed by atoms with Crippen molar-refractivity contribution in [1.82, 2.24) is 0 Å². The quantitative estimate of drug-likeness (QED) is 0.435. The fourth-order valence-electron chi connectivity index (χ4n) is 3.75. The summed E-state index contributed by atoms with van der Waals surface area (Å²) in [5, 5.41) is 22.0. The number of halogens is 1. The summed E-state index contributed by atoms with van der Waals surface area (Å²) in [5.41, 5.74) is 2.24. The van der Waals surface area contributed by atoms with Crippen molar-refractivity contribution in [2.75, 3.05) is 0 Å². The Kier molecular flexibility index (Phi) is 4.96. The zero-order valence-electron chi connectivity index (χ0n) is 15.5. The first-order valence-corrected chi connectivity index (χ1v) is 9.25. The van der Waals surface area contributed by atoms with Crippen molar-refractivity contribution in [3.63, 3.8) is 0 Å². The minimum Gasteiger partial charge on any atom is -0.507 e. The Hall–Kier alpha value is -3.73. The first kappa shape index (κ1) is 18.6. The van der Waals surface area contributed by atoms with Crippen LogP contribution in [0.25, 0.3) is 11.1 Å². The molecule has 29 heavy (non-hydrogen) atoms. The van der Waals surface area contributed by atoms with Gasteiger partial charge in [-0.1, -0.05) is 66.7 Å². The standard InChI is InChI=1S/C24H18FNO3/c25-21-10-6-11-22(26(28)29)24(21)19-14-13-17(16-7-2-1-3-8-16)15-20(19)18-9-4-5-12-23(18)27/h1-12,14-15,17,27H,13H2. The Morgan fingerprint density at radius 1 is 0.931 bits per heavy atom. The van der Waals surface area contributed by atoms with Crippen LogP contribution < -0.4 is 0 Å². The maximum absolute atomic E-state index is 14.8. The number of allylic oxidation sites excluding steroid dienone is 4. The number of hydrogen-bond donors (Lipinski definition) is 1. The number of nitro groups is 1. The van der Waals surface area contributed by atoms with E-state index >= 15 is 0 Å². The van der Waals surface area contributed by atoms with Crippen LogP contribution in [0.2, 0.25) is 0 Å². The Labute approximate surface area is 167 Å². The highest BCUT2D eigenvalue weighted by molar-refractivity contribution is 6.08. The lowest BCUT2D eigenvalue weighted by atomic mass is 9.80. The van der Waals surface area contributed by atoms with Crippen molar-refractivity contribution in [3.05, 3.63) is 118 Å². The molecule has 0 saturated heterocycles. The van der Waals surface area contributed by atoms with E-state index in [9.17, 15) is 19.6 Å². The van der Waals surface area contributed by atoms with Crippen LogP contribution in [0.3, 0.4) is 0 Å². The van der Waals surface area contributed by atoms with Crippen LogP contribution in [0.15, 0.2) is 84.9 Å². The number of nitrogens with zero attached hydrogens (tertiary/aromatic N) is 1. The molecule has 1 N–H and O–H groups in total. The van der Waals surface area contributed by atoms with Crippen LogP contribution in [0, 0.1) is 15.9 Å². The van der Waals surface area contributed by atoms with Crippen LogP contribution in [-0.4, -0.2) is 10.0 Å². The molecule has 1 aliphatic carbocycles. The van der Waals surface area contributed by atoms with E-state index in [1.165, 1.54) is 18.2 Å². The molecule has 4 nitrogen and oxygen atoms in total. The average Bonchev–Trinajstić information content (AvgIpc) is 2.74. The molecule has 1 unspecified atom stereocenters. The Balaban J connectivity index is 1.91. The van der Waals surface area contributed by atoms with E-state index in [0.717, 1.165) is 5.56 Å². The molecule has 0 aromatic heterocycles. The lowest BCUT2D eigenvalue weighted by molar-refractivity contribution is -0.385. The van der Waals surface area contributed by atoms with Crippen molar-refractivity contribution in [3.8, 4) is 5.75 Å². The molecule has 1 aliphatic rings. The number of rotatable bonds is 4. The molecular formula is C24H18FNO3. The molecule has 5 heteroatoms. The summed E-state index contributed by atoms with van der Waals surface area (Å²) in [7, 11) is 0. The molecule has 0 radical (unpaired) electrons. The minimum absolute atomic E-state index is 0.0142. The highest BCUT2D eigenvalue weighted by Gasteiger charge is 2.28. The molecule has 0 aliphatic heterocycles. The third-order valence-corrected chi connectivity index (χ3v) is 5.11. The highest BCUT2D eigenvalue weighted by Crippen LogP contribution is 2.45. The van der Waals surface area contributed by atoms with Crippen molar-refractivity contribution in [2.24, 2.45) is 0 Å². The van der Waals surface area contributed by atoms with Gasteiger partial charge in [0.2, 0.25) is 0 Å². The number of nitro benzene ring substituents is 1. The van der Waals surface area contributed by atoms with E-state index in [2.05, 4.69) is 0 Å². The average molecular weight is 387 g/mol. The molecule has 3 aromatic rings. The third-order valence-electron chi connectivity index (χ3n) is 5.11. The number of para-hydroxylation sites is 1. The summed E-state index contributed by atoms with van der Waals surface area (Å²) in [6.45, 7) is 0. The first-order chi connectivity index (χ1) is 14.1. The van der Waals surface area contributed by atoms with Gasteiger partial charge in [-0.15, -0.1) is 0 Å². The second-order valence-electron chi connectivity index (χ2n) is 6.86. The predicted molar refractivity (Wildman–Crippen MR) is 111 cm³/mol. The van der Waals surface area contributed by atoms with Crippen LogP contribution in [0.4, 0.5) is 10.1 Å². The summed E-state index contributed by atoms with van der Waals surface area (Å²) in [4.78, 5) is 11.0. The normalized spacial score (nSPS) is 16.1. The number of hydrogen-bond acceptors (Lipinski definition) is 3. The number of phenols is 1. The fraction of sp³-hybridized carbons (Fsp3) is 0.0833. The smallest absolute Gasteiger partial charge is 0.280 e. The second-order valence-corrected chi connectivity index (χ2v) is 6.86. The molecule has 0 heterocycles. The van der Waals surface area contributed by atoms with Crippen LogP contribution in [0.5, 0.6) is 5.75 Å². The molecular weight excluding hydrogens is 369 g/mol. The van der Waals surface area contributed by atoms with Crippen LogP contribution in [0.1, 0.15) is 29.0 Å². The third kappa shape index (κ3) is 3.55. The van der Waals surface area contributed by atoms with Gasteiger partial charge in [0.15, 0.2) is 0 Å². The molecule has 0 amide bonds. The Morgan fingerprint density at radius 2 is 1.66 bits per heavy atom. The lowest BCUT2D eigenvalue weighted by Gasteiger charge is -2.24. The van der Waals surface area contributed by atoms with E-state index in [0.29, 0.717) is 23.1 Å². The van der Waals surface area contributed by atoms with Gasteiger partial charge >= 0.3 is 0 Å². The van der Waals surface area contributed by atoms with Gasteiger partial charge in [0, 0.05) is 17.5 Å². The van der Waals surface area contributed by atoms with Crippen molar-refractivity contribution in [1.29, 1.82) is 0 Å². The maximum atomic E-state index is 14.8. The molecule has 0 bridgehead atoms. The largest absolute Gasteiger partial charge is 0.507 e. The maximum Gasteiger partial charge on any atom is 0.280 e. The van der Waals surface area contributed by atoms with Gasteiger partial charge in [-0.25, -0.2) is 4.39 Å². The predicted octanol–water partition coefficient (Wildman–Crippen LogP) is 6.09. The molecule has 0 saturated carbocycles. The van der Waals surface area contributed by atoms with E-state index in [4.69, 9.17) is 0 Å². The number of benzene rings is 3. The Morgan fingerprint density at radius 3 is 2.38 bits per heavy atom. The lowest BCUT2D eigenvalue weighted by Crippen LogP contribution is -2.06.